The van der Waals surface area contributed by atoms with Crippen molar-refractivity contribution in [3.05, 3.63) is 41.2 Å². The van der Waals surface area contributed by atoms with Crippen molar-refractivity contribution < 1.29 is 9.90 Å². The number of aliphatic carboxylic acids is 1. The van der Waals surface area contributed by atoms with Crippen molar-refractivity contribution in [1.29, 1.82) is 0 Å². The first-order chi connectivity index (χ1) is 8.99. The minimum Gasteiger partial charge on any atom is -0.481 e. The molecular weight excluding hydrogens is 260 g/mol. The molecule has 1 aromatic heterocycles. The van der Waals surface area contributed by atoms with Crippen molar-refractivity contribution in [3.8, 4) is 5.69 Å². The van der Waals surface area contributed by atoms with Crippen LogP contribution in [0.1, 0.15) is 16.8 Å². The van der Waals surface area contributed by atoms with Gasteiger partial charge in [-0.25, -0.2) is 4.98 Å². The summed E-state index contributed by atoms with van der Waals surface area (Å²) < 4.78 is 2.00. The van der Waals surface area contributed by atoms with Gasteiger partial charge in [0.15, 0.2) is 5.16 Å². The van der Waals surface area contributed by atoms with E-state index in [-0.39, 0.29) is 5.75 Å². The van der Waals surface area contributed by atoms with Gasteiger partial charge < -0.3 is 5.11 Å². The number of aromatic nitrogens is 2. The number of thioether (sulfide) groups is 1. The second-order valence-electron chi connectivity index (χ2n) is 4.49. The van der Waals surface area contributed by atoms with Crippen molar-refractivity contribution in [3.63, 3.8) is 0 Å². The molecule has 0 saturated carbocycles. The molecule has 0 saturated heterocycles. The maximum absolute atomic E-state index is 10.7. The van der Waals surface area contributed by atoms with E-state index in [4.69, 9.17) is 5.11 Å². The summed E-state index contributed by atoms with van der Waals surface area (Å²) in [5.74, 6) is -0.820. The van der Waals surface area contributed by atoms with Gasteiger partial charge in [-0.05, 0) is 32.4 Å². The third-order valence-electron chi connectivity index (χ3n) is 2.82. The summed E-state index contributed by atoms with van der Waals surface area (Å²) in [6, 6.07) is 6.21. The number of rotatable bonds is 4. The fourth-order valence-corrected chi connectivity index (χ4v) is 2.74. The SMILES string of the molecule is Cc1ccc(-n2c(C)cnc2SCC(=O)O)c(C)c1. The number of carboxylic acids is 1. The lowest BCUT2D eigenvalue weighted by Gasteiger charge is -2.12. The lowest BCUT2D eigenvalue weighted by atomic mass is 10.1. The third-order valence-corrected chi connectivity index (χ3v) is 3.76. The number of benzene rings is 1. The molecule has 0 amide bonds. The van der Waals surface area contributed by atoms with Gasteiger partial charge in [0.25, 0.3) is 0 Å². The number of hydrogen-bond acceptors (Lipinski definition) is 3. The predicted octanol–water partition coefficient (Wildman–Crippen LogP) is 2.97. The first kappa shape index (κ1) is 13.7. The lowest BCUT2D eigenvalue weighted by molar-refractivity contribution is -0.133. The topological polar surface area (TPSA) is 55.1 Å². The minimum absolute atomic E-state index is 0.0152. The molecule has 1 aromatic carbocycles. The molecule has 0 aliphatic carbocycles. The van der Waals surface area contributed by atoms with Crippen LogP contribution in [-0.4, -0.2) is 26.4 Å². The van der Waals surface area contributed by atoms with Crippen molar-refractivity contribution >= 4 is 17.7 Å². The van der Waals surface area contributed by atoms with Crippen LogP contribution >= 0.6 is 11.8 Å². The highest BCUT2D eigenvalue weighted by atomic mass is 32.2. The van der Waals surface area contributed by atoms with Crippen LogP contribution in [0, 0.1) is 20.8 Å². The fourth-order valence-electron chi connectivity index (χ4n) is 1.99. The van der Waals surface area contributed by atoms with Crippen molar-refractivity contribution in [2.75, 3.05) is 5.75 Å². The first-order valence-electron chi connectivity index (χ1n) is 5.95. The van der Waals surface area contributed by atoms with Crippen LogP contribution < -0.4 is 0 Å². The largest absolute Gasteiger partial charge is 0.481 e. The Morgan fingerprint density at radius 1 is 1.37 bits per heavy atom. The summed E-state index contributed by atoms with van der Waals surface area (Å²) in [4.78, 5) is 15.0. The molecule has 0 spiro atoms. The van der Waals surface area contributed by atoms with E-state index in [2.05, 4.69) is 18.0 Å². The highest BCUT2D eigenvalue weighted by molar-refractivity contribution is 7.99. The fraction of sp³-hybridized carbons (Fsp3) is 0.286. The van der Waals surface area contributed by atoms with E-state index in [9.17, 15) is 4.79 Å². The molecule has 1 N–H and O–H groups in total. The molecule has 4 nitrogen and oxygen atoms in total. The summed E-state index contributed by atoms with van der Waals surface area (Å²) >= 11 is 1.24. The Bertz CT molecular complexity index is 620. The quantitative estimate of drug-likeness (QED) is 0.872. The summed E-state index contributed by atoms with van der Waals surface area (Å²) in [6.07, 6.45) is 1.77. The molecule has 0 aliphatic heterocycles. The van der Waals surface area contributed by atoms with E-state index in [0.29, 0.717) is 5.16 Å². The smallest absolute Gasteiger partial charge is 0.313 e. The summed E-state index contributed by atoms with van der Waals surface area (Å²) in [5.41, 5.74) is 4.41. The zero-order valence-corrected chi connectivity index (χ0v) is 12.0. The van der Waals surface area contributed by atoms with Gasteiger partial charge >= 0.3 is 5.97 Å². The van der Waals surface area contributed by atoms with E-state index in [0.717, 1.165) is 16.9 Å². The van der Waals surface area contributed by atoms with E-state index in [1.165, 1.54) is 17.3 Å². The molecule has 2 rings (SSSR count). The third kappa shape index (κ3) is 2.98. The molecule has 0 unspecified atom stereocenters. The number of nitrogens with zero attached hydrogens (tertiary/aromatic N) is 2. The first-order valence-corrected chi connectivity index (χ1v) is 6.94. The van der Waals surface area contributed by atoms with Crippen LogP contribution in [0.4, 0.5) is 0 Å². The zero-order valence-electron chi connectivity index (χ0n) is 11.2. The normalized spacial score (nSPS) is 10.7. The van der Waals surface area contributed by atoms with Crippen LogP contribution in [0.3, 0.4) is 0 Å². The minimum atomic E-state index is -0.835. The van der Waals surface area contributed by atoms with Gasteiger partial charge in [0, 0.05) is 11.9 Å². The van der Waals surface area contributed by atoms with E-state index >= 15 is 0 Å². The number of carbonyl (C=O) groups is 1. The van der Waals surface area contributed by atoms with Crippen molar-refractivity contribution in [1.82, 2.24) is 9.55 Å². The highest BCUT2D eigenvalue weighted by Crippen LogP contribution is 2.25. The van der Waals surface area contributed by atoms with E-state index < -0.39 is 5.97 Å². The maximum Gasteiger partial charge on any atom is 0.313 e. The summed E-state index contributed by atoms with van der Waals surface area (Å²) in [5, 5.41) is 9.49. The predicted molar refractivity (Wildman–Crippen MR) is 76.1 cm³/mol. The van der Waals surface area contributed by atoms with Gasteiger partial charge in [0.05, 0.1) is 11.4 Å². The molecule has 100 valence electrons. The molecule has 1 heterocycles. The van der Waals surface area contributed by atoms with Crippen LogP contribution in [0.25, 0.3) is 5.69 Å². The van der Waals surface area contributed by atoms with Gasteiger partial charge in [-0.1, -0.05) is 29.5 Å². The van der Waals surface area contributed by atoms with Gasteiger partial charge in [-0.15, -0.1) is 0 Å². The van der Waals surface area contributed by atoms with Crippen molar-refractivity contribution in [2.45, 2.75) is 25.9 Å². The number of aryl methyl sites for hydroxylation is 3. The Kier molecular flexibility index (Phi) is 3.95. The van der Waals surface area contributed by atoms with Gasteiger partial charge in [-0.3, -0.25) is 9.36 Å². The maximum atomic E-state index is 10.7. The Morgan fingerprint density at radius 3 is 2.74 bits per heavy atom. The van der Waals surface area contributed by atoms with E-state index in [1.807, 2.05) is 30.5 Å². The number of carboxylic acid groups (broad SMARTS) is 1. The van der Waals surface area contributed by atoms with Crippen molar-refractivity contribution in [2.24, 2.45) is 0 Å². The number of hydrogen-bond donors (Lipinski definition) is 1. The van der Waals surface area contributed by atoms with Crippen LogP contribution in [0.5, 0.6) is 0 Å². The molecule has 19 heavy (non-hydrogen) atoms. The molecular formula is C14H16N2O2S. The molecule has 0 aliphatic rings. The molecule has 5 heteroatoms. The Hall–Kier alpha value is -1.75. The Labute approximate surface area is 116 Å². The monoisotopic (exact) mass is 276 g/mol. The lowest BCUT2D eigenvalue weighted by Crippen LogP contribution is -2.04. The standard InChI is InChI=1S/C14H16N2O2S/c1-9-4-5-12(10(2)6-9)16-11(3)7-15-14(16)19-8-13(17)18/h4-7H,8H2,1-3H3,(H,17,18). The number of imidazole rings is 1. The highest BCUT2D eigenvalue weighted by Gasteiger charge is 2.12. The summed E-state index contributed by atoms with van der Waals surface area (Å²) in [7, 11) is 0. The molecule has 0 radical (unpaired) electrons. The second kappa shape index (κ2) is 5.48. The summed E-state index contributed by atoms with van der Waals surface area (Å²) in [6.45, 7) is 6.07. The molecule has 0 atom stereocenters. The molecule has 0 fully saturated rings. The zero-order chi connectivity index (χ0) is 14.0. The second-order valence-corrected chi connectivity index (χ2v) is 5.43. The molecule has 0 bridgehead atoms. The average Bonchev–Trinajstić information content (AvgIpc) is 2.68. The van der Waals surface area contributed by atoms with Gasteiger partial charge in [0.1, 0.15) is 0 Å². The van der Waals surface area contributed by atoms with Crippen LogP contribution in [-0.2, 0) is 4.79 Å². The average molecular weight is 276 g/mol. The van der Waals surface area contributed by atoms with Gasteiger partial charge in [-0.2, -0.15) is 0 Å². The Morgan fingerprint density at radius 2 is 2.11 bits per heavy atom. The van der Waals surface area contributed by atoms with Gasteiger partial charge in [0.2, 0.25) is 0 Å². The van der Waals surface area contributed by atoms with Crippen LogP contribution in [0.15, 0.2) is 29.6 Å². The molecule has 2 aromatic rings. The van der Waals surface area contributed by atoms with E-state index in [1.54, 1.807) is 6.20 Å². The van der Waals surface area contributed by atoms with Crippen LogP contribution in [0.2, 0.25) is 0 Å². The Balaban J connectivity index is 2.43.